The van der Waals surface area contributed by atoms with E-state index in [1.54, 1.807) is 17.3 Å². The van der Waals surface area contributed by atoms with Gasteiger partial charge in [0.05, 0.1) is 5.69 Å². The topological polar surface area (TPSA) is 61.6 Å². The lowest BCUT2D eigenvalue weighted by Gasteiger charge is -2.25. The molecule has 2 aliphatic heterocycles. The molecule has 1 unspecified atom stereocenters. The minimum Gasteiger partial charge on any atom is -0.352 e. The number of guanidine groups is 1. The van der Waals surface area contributed by atoms with Gasteiger partial charge in [-0.3, -0.25) is 9.89 Å². The average molecular weight is 351 g/mol. The van der Waals surface area contributed by atoms with Gasteiger partial charge in [-0.05, 0) is 24.1 Å². The van der Waals surface area contributed by atoms with Gasteiger partial charge in [-0.2, -0.15) is 5.10 Å². The number of aliphatic imine (C=N–C) groups is 1. The van der Waals surface area contributed by atoms with E-state index in [1.807, 2.05) is 19.2 Å². The van der Waals surface area contributed by atoms with Gasteiger partial charge in [0.25, 0.3) is 0 Å². The van der Waals surface area contributed by atoms with Gasteiger partial charge in [0, 0.05) is 45.8 Å². The summed E-state index contributed by atoms with van der Waals surface area (Å²) in [7, 11) is 1.86. The molecule has 0 aliphatic carbocycles. The highest BCUT2D eigenvalue weighted by atomic mass is 15.3. The Labute approximate surface area is 154 Å². The lowest BCUT2D eigenvalue weighted by Crippen LogP contribution is -2.42. The van der Waals surface area contributed by atoms with Crippen molar-refractivity contribution in [1.82, 2.24) is 29.9 Å². The van der Waals surface area contributed by atoms with Gasteiger partial charge in [0.1, 0.15) is 12.7 Å². The fourth-order valence-electron chi connectivity index (χ4n) is 3.69. The summed E-state index contributed by atoms with van der Waals surface area (Å²) in [6.07, 6.45) is 8.98. The SMILES string of the molecule is CN=C(NCc1cccc(-n2cncn2)c1)N1CCC(N2CC=CC2)C1. The Hall–Kier alpha value is -2.67. The number of hydrogen-bond acceptors (Lipinski definition) is 4. The van der Waals surface area contributed by atoms with E-state index in [-0.39, 0.29) is 0 Å². The van der Waals surface area contributed by atoms with Crippen molar-refractivity contribution in [2.45, 2.75) is 19.0 Å². The monoisotopic (exact) mass is 351 g/mol. The molecule has 2 aliphatic rings. The van der Waals surface area contributed by atoms with Crippen molar-refractivity contribution in [2.24, 2.45) is 4.99 Å². The molecular weight excluding hydrogens is 326 g/mol. The van der Waals surface area contributed by atoms with Crippen molar-refractivity contribution in [3.05, 3.63) is 54.6 Å². The Morgan fingerprint density at radius 2 is 2.19 bits per heavy atom. The molecule has 1 aromatic heterocycles. The molecule has 1 fully saturated rings. The van der Waals surface area contributed by atoms with Gasteiger partial charge >= 0.3 is 0 Å². The highest BCUT2D eigenvalue weighted by Gasteiger charge is 2.29. The van der Waals surface area contributed by atoms with Crippen LogP contribution in [0.15, 0.2) is 54.1 Å². The molecular formula is C19H25N7. The molecule has 0 bridgehead atoms. The molecule has 7 nitrogen and oxygen atoms in total. The van der Waals surface area contributed by atoms with Crippen molar-refractivity contribution in [3.8, 4) is 5.69 Å². The standard InChI is InChI=1S/C19H25N7/c1-20-19(25-10-7-18(13-25)24-8-2-3-9-24)22-12-16-5-4-6-17(11-16)26-15-21-14-23-26/h2-6,11,14-15,18H,7-10,12-13H2,1H3,(H,20,22). The van der Waals surface area contributed by atoms with Crippen LogP contribution in [0.1, 0.15) is 12.0 Å². The first kappa shape index (κ1) is 16.8. The van der Waals surface area contributed by atoms with Crippen molar-refractivity contribution >= 4 is 5.96 Å². The summed E-state index contributed by atoms with van der Waals surface area (Å²) in [5.74, 6) is 0.978. The Kier molecular flexibility index (Phi) is 4.97. The quantitative estimate of drug-likeness (QED) is 0.511. The number of nitrogens with zero attached hydrogens (tertiary/aromatic N) is 6. The summed E-state index contributed by atoms with van der Waals surface area (Å²) in [6, 6.07) is 8.94. The molecule has 1 saturated heterocycles. The van der Waals surface area contributed by atoms with Crippen LogP contribution in [0.25, 0.3) is 5.69 Å². The molecule has 1 N–H and O–H groups in total. The first-order valence-electron chi connectivity index (χ1n) is 9.12. The third kappa shape index (κ3) is 3.62. The number of nitrogens with one attached hydrogen (secondary N) is 1. The predicted octanol–water partition coefficient (Wildman–Crippen LogP) is 1.29. The van der Waals surface area contributed by atoms with Crippen LogP contribution in [0.5, 0.6) is 0 Å². The van der Waals surface area contributed by atoms with Crippen molar-refractivity contribution in [1.29, 1.82) is 0 Å². The Morgan fingerprint density at radius 3 is 2.96 bits per heavy atom. The maximum atomic E-state index is 4.49. The van der Waals surface area contributed by atoms with E-state index < -0.39 is 0 Å². The highest BCUT2D eigenvalue weighted by Crippen LogP contribution is 2.18. The second-order valence-corrected chi connectivity index (χ2v) is 6.72. The number of benzene rings is 1. The van der Waals surface area contributed by atoms with Crippen LogP contribution in [0.2, 0.25) is 0 Å². The van der Waals surface area contributed by atoms with Gasteiger partial charge in [0.2, 0.25) is 0 Å². The number of hydrogen-bond donors (Lipinski definition) is 1. The van der Waals surface area contributed by atoms with Crippen molar-refractivity contribution < 1.29 is 0 Å². The summed E-state index contributed by atoms with van der Waals surface area (Å²) in [5.41, 5.74) is 2.21. The van der Waals surface area contributed by atoms with Crippen LogP contribution in [0, 0.1) is 0 Å². The summed E-state index contributed by atoms with van der Waals surface area (Å²) in [6.45, 7) is 5.00. The number of rotatable bonds is 4. The normalized spacial score (nSPS) is 20.9. The molecule has 26 heavy (non-hydrogen) atoms. The van der Waals surface area contributed by atoms with E-state index in [4.69, 9.17) is 0 Å². The molecule has 0 amide bonds. The van der Waals surface area contributed by atoms with Crippen LogP contribution in [0.3, 0.4) is 0 Å². The van der Waals surface area contributed by atoms with E-state index in [1.165, 1.54) is 12.0 Å². The van der Waals surface area contributed by atoms with E-state index in [9.17, 15) is 0 Å². The fourth-order valence-corrected chi connectivity index (χ4v) is 3.69. The van der Waals surface area contributed by atoms with E-state index in [2.05, 4.69) is 54.5 Å². The average Bonchev–Trinajstić information content (AvgIpc) is 3.43. The van der Waals surface area contributed by atoms with E-state index >= 15 is 0 Å². The zero-order valence-electron chi connectivity index (χ0n) is 15.1. The molecule has 136 valence electrons. The number of aromatic nitrogens is 3. The second-order valence-electron chi connectivity index (χ2n) is 6.72. The third-order valence-corrected chi connectivity index (χ3v) is 5.08. The lowest BCUT2D eigenvalue weighted by molar-refractivity contribution is 0.259. The smallest absolute Gasteiger partial charge is 0.193 e. The largest absolute Gasteiger partial charge is 0.352 e. The minimum absolute atomic E-state index is 0.624. The Bertz CT molecular complexity index is 773. The maximum absolute atomic E-state index is 4.49. The number of likely N-dealkylation sites (tertiary alicyclic amines) is 1. The summed E-state index contributed by atoms with van der Waals surface area (Å²) >= 11 is 0. The summed E-state index contributed by atoms with van der Waals surface area (Å²) in [4.78, 5) is 13.4. The van der Waals surface area contributed by atoms with E-state index in [0.717, 1.165) is 44.4 Å². The lowest BCUT2D eigenvalue weighted by atomic mass is 10.2. The fraction of sp³-hybridized carbons (Fsp3) is 0.421. The molecule has 4 rings (SSSR count). The molecule has 0 saturated carbocycles. The Morgan fingerprint density at radius 1 is 1.31 bits per heavy atom. The van der Waals surface area contributed by atoms with Gasteiger partial charge < -0.3 is 10.2 Å². The highest BCUT2D eigenvalue weighted by molar-refractivity contribution is 5.80. The first-order chi connectivity index (χ1) is 12.8. The Balaban J connectivity index is 1.35. The third-order valence-electron chi connectivity index (χ3n) is 5.08. The van der Waals surface area contributed by atoms with Crippen LogP contribution >= 0.6 is 0 Å². The second kappa shape index (κ2) is 7.70. The van der Waals surface area contributed by atoms with Crippen LogP contribution in [-0.4, -0.2) is 69.8 Å². The van der Waals surface area contributed by atoms with Crippen molar-refractivity contribution in [3.63, 3.8) is 0 Å². The molecule has 1 atom stereocenters. The molecule has 0 radical (unpaired) electrons. The molecule has 0 spiro atoms. The zero-order valence-corrected chi connectivity index (χ0v) is 15.1. The van der Waals surface area contributed by atoms with Gasteiger partial charge in [0.15, 0.2) is 5.96 Å². The van der Waals surface area contributed by atoms with Crippen LogP contribution < -0.4 is 5.32 Å². The van der Waals surface area contributed by atoms with Crippen LogP contribution in [-0.2, 0) is 6.54 Å². The zero-order chi connectivity index (χ0) is 17.8. The first-order valence-corrected chi connectivity index (χ1v) is 9.12. The van der Waals surface area contributed by atoms with Gasteiger partial charge in [-0.1, -0.05) is 24.3 Å². The predicted molar refractivity (Wildman–Crippen MR) is 102 cm³/mol. The molecule has 7 heteroatoms. The summed E-state index contributed by atoms with van der Waals surface area (Å²) < 4.78 is 1.77. The van der Waals surface area contributed by atoms with Crippen LogP contribution in [0.4, 0.5) is 0 Å². The van der Waals surface area contributed by atoms with E-state index in [0.29, 0.717) is 6.04 Å². The molecule has 2 aromatic rings. The van der Waals surface area contributed by atoms with Gasteiger partial charge in [-0.25, -0.2) is 9.67 Å². The molecule has 1 aromatic carbocycles. The maximum Gasteiger partial charge on any atom is 0.193 e. The minimum atomic E-state index is 0.624. The van der Waals surface area contributed by atoms with Gasteiger partial charge in [-0.15, -0.1) is 0 Å². The van der Waals surface area contributed by atoms with Crippen molar-refractivity contribution in [2.75, 3.05) is 33.2 Å². The summed E-state index contributed by atoms with van der Waals surface area (Å²) in [5, 5.41) is 7.70. The molecule has 3 heterocycles.